The Bertz CT molecular complexity index is 1110. The van der Waals surface area contributed by atoms with Gasteiger partial charge in [0.15, 0.2) is 11.5 Å². The normalized spacial score (nSPS) is 17.1. The summed E-state index contributed by atoms with van der Waals surface area (Å²) in [6.07, 6.45) is 5.76. The number of methoxy groups -OCH3 is 2. The number of aryl methyl sites for hydroxylation is 1. The molecule has 2 aromatic carbocycles. The summed E-state index contributed by atoms with van der Waals surface area (Å²) in [5.41, 5.74) is 3.23. The molecule has 0 aliphatic carbocycles. The summed E-state index contributed by atoms with van der Waals surface area (Å²) in [6, 6.07) is 11.0. The van der Waals surface area contributed by atoms with Crippen LogP contribution in [0.1, 0.15) is 48.8 Å². The first-order valence-electron chi connectivity index (χ1n) is 12.0. The van der Waals surface area contributed by atoms with E-state index < -0.39 is 10.0 Å². The molecule has 2 heterocycles. The third-order valence-corrected chi connectivity index (χ3v) is 8.74. The molecule has 34 heavy (non-hydrogen) atoms. The van der Waals surface area contributed by atoms with Gasteiger partial charge in [0.25, 0.3) is 0 Å². The molecule has 4 rings (SSSR count). The van der Waals surface area contributed by atoms with Crippen LogP contribution in [0, 0.1) is 0 Å². The number of ether oxygens (including phenoxy) is 2. The van der Waals surface area contributed by atoms with Crippen molar-refractivity contribution in [1.29, 1.82) is 0 Å². The summed E-state index contributed by atoms with van der Waals surface area (Å²) >= 11 is 0. The van der Waals surface area contributed by atoms with E-state index in [0.717, 1.165) is 43.2 Å². The molecule has 1 fully saturated rings. The van der Waals surface area contributed by atoms with Crippen LogP contribution >= 0.6 is 0 Å². The zero-order valence-electron chi connectivity index (χ0n) is 20.1. The average molecular weight is 487 g/mol. The Kier molecular flexibility index (Phi) is 7.78. The smallest absolute Gasteiger partial charge is 0.243 e. The number of sulfonamides is 1. The maximum absolute atomic E-state index is 13.0. The number of nitrogens with zero attached hydrogens (tertiary/aromatic N) is 2. The Morgan fingerprint density at radius 3 is 2.12 bits per heavy atom. The number of carbonyl (C=O) groups is 1. The molecule has 184 valence electrons. The fourth-order valence-electron chi connectivity index (χ4n) is 4.76. The van der Waals surface area contributed by atoms with Gasteiger partial charge in [-0.05, 0) is 66.6 Å². The van der Waals surface area contributed by atoms with Crippen LogP contribution in [0.4, 0.5) is 0 Å². The second-order valence-corrected chi connectivity index (χ2v) is 10.9. The van der Waals surface area contributed by atoms with Gasteiger partial charge in [-0.2, -0.15) is 4.31 Å². The van der Waals surface area contributed by atoms with Gasteiger partial charge >= 0.3 is 0 Å². The Morgan fingerprint density at radius 1 is 0.882 bits per heavy atom. The van der Waals surface area contributed by atoms with Crippen LogP contribution in [0.3, 0.4) is 0 Å². The topological polar surface area (TPSA) is 76.1 Å². The monoisotopic (exact) mass is 486 g/mol. The molecular weight excluding hydrogens is 452 g/mol. The number of amides is 1. The Labute approximate surface area is 202 Å². The van der Waals surface area contributed by atoms with E-state index in [1.54, 1.807) is 30.7 Å². The molecule has 0 bridgehead atoms. The highest BCUT2D eigenvalue weighted by atomic mass is 32.2. The van der Waals surface area contributed by atoms with Crippen molar-refractivity contribution >= 4 is 15.9 Å². The molecule has 8 heteroatoms. The van der Waals surface area contributed by atoms with E-state index in [0.29, 0.717) is 55.4 Å². The van der Waals surface area contributed by atoms with Crippen LogP contribution in [-0.2, 0) is 34.2 Å². The lowest BCUT2D eigenvalue weighted by atomic mass is 9.98. The van der Waals surface area contributed by atoms with Gasteiger partial charge in [-0.25, -0.2) is 8.42 Å². The van der Waals surface area contributed by atoms with Crippen molar-refractivity contribution in [2.24, 2.45) is 0 Å². The summed E-state index contributed by atoms with van der Waals surface area (Å²) in [5, 5.41) is 0. The number of carbonyl (C=O) groups excluding carboxylic acids is 1. The largest absolute Gasteiger partial charge is 0.493 e. The van der Waals surface area contributed by atoms with Gasteiger partial charge in [0.2, 0.25) is 15.9 Å². The first-order chi connectivity index (χ1) is 16.4. The Morgan fingerprint density at radius 2 is 1.50 bits per heavy atom. The molecule has 0 atom stereocenters. The van der Waals surface area contributed by atoms with Crippen molar-refractivity contribution in [2.75, 3.05) is 33.9 Å². The summed E-state index contributed by atoms with van der Waals surface area (Å²) in [7, 11) is -0.214. The van der Waals surface area contributed by atoms with E-state index >= 15 is 0 Å². The van der Waals surface area contributed by atoms with Crippen molar-refractivity contribution in [3.8, 4) is 11.5 Å². The zero-order chi connectivity index (χ0) is 24.1. The van der Waals surface area contributed by atoms with Crippen LogP contribution in [0.2, 0.25) is 0 Å². The molecule has 0 N–H and O–H groups in total. The average Bonchev–Trinajstić information content (AvgIpc) is 3.16. The lowest BCUT2D eigenvalue weighted by Gasteiger charge is -2.29. The summed E-state index contributed by atoms with van der Waals surface area (Å²) in [4.78, 5) is 15.1. The van der Waals surface area contributed by atoms with Gasteiger partial charge in [0, 0.05) is 32.6 Å². The van der Waals surface area contributed by atoms with Gasteiger partial charge in [0.05, 0.1) is 19.1 Å². The molecule has 2 aliphatic heterocycles. The number of rotatable bonds is 7. The first-order valence-corrected chi connectivity index (χ1v) is 13.5. The second-order valence-electron chi connectivity index (χ2n) is 9.00. The van der Waals surface area contributed by atoms with Gasteiger partial charge in [-0.15, -0.1) is 0 Å². The standard InChI is InChI=1S/C26H34N2O5S/c1-32-24-17-21-13-16-27(19-22(21)18-25(24)33-2)26(29)12-9-20-7-10-23(11-8-20)34(30,31)28-14-5-3-4-6-15-28/h7-8,10-11,17-18H,3-6,9,12-16,19H2,1-2H3. The van der Waals surface area contributed by atoms with Gasteiger partial charge < -0.3 is 14.4 Å². The Balaban J connectivity index is 1.35. The van der Waals surface area contributed by atoms with Crippen molar-refractivity contribution in [3.05, 3.63) is 53.1 Å². The van der Waals surface area contributed by atoms with E-state index in [1.807, 2.05) is 29.2 Å². The highest BCUT2D eigenvalue weighted by molar-refractivity contribution is 7.89. The third-order valence-electron chi connectivity index (χ3n) is 6.82. The van der Waals surface area contributed by atoms with Gasteiger partial charge in [0.1, 0.15) is 0 Å². The molecule has 0 spiro atoms. The van der Waals surface area contributed by atoms with Crippen molar-refractivity contribution in [2.45, 2.75) is 56.4 Å². The fourth-order valence-corrected chi connectivity index (χ4v) is 6.28. The predicted octanol–water partition coefficient (Wildman–Crippen LogP) is 3.79. The minimum atomic E-state index is -3.45. The predicted molar refractivity (Wildman–Crippen MR) is 131 cm³/mol. The molecule has 0 unspecified atom stereocenters. The molecule has 7 nitrogen and oxygen atoms in total. The van der Waals surface area contributed by atoms with E-state index in [9.17, 15) is 13.2 Å². The second kappa shape index (κ2) is 10.8. The fraction of sp³-hybridized carbons (Fsp3) is 0.500. The maximum atomic E-state index is 13.0. The number of benzene rings is 2. The van der Waals surface area contributed by atoms with E-state index in [2.05, 4.69) is 0 Å². The quantitative estimate of drug-likeness (QED) is 0.595. The highest BCUT2D eigenvalue weighted by Gasteiger charge is 2.25. The van der Waals surface area contributed by atoms with Crippen molar-refractivity contribution in [1.82, 2.24) is 9.21 Å². The summed E-state index contributed by atoms with van der Waals surface area (Å²) in [6.45, 7) is 2.42. The SMILES string of the molecule is COc1cc2c(cc1OC)CN(C(=O)CCc1ccc(S(=O)(=O)N3CCCCCC3)cc1)CC2. The third kappa shape index (κ3) is 5.39. The molecular formula is C26H34N2O5S. The van der Waals surface area contributed by atoms with E-state index in [4.69, 9.17) is 9.47 Å². The molecule has 2 aromatic rings. The molecule has 1 saturated heterocycles. The molecule has 1 amide bonds. The highest BCUT2D eigenvalue weighted by Crippen LogP contribution is 2.33. The van der Waals surface area contributed by atoms with Crippen molar-refractivity contribution < 1.29 is 22.7 Å². The molecule has 0 radical (unpaired) electrons. The number of hydrogen-bond donors (Lipinski definition) is 0. The summed E-state index contributed by atoms with van der Waals surface area (Å²) in [5.74, 6) is 1.48. The van der Waals surface area contributed by atoms with E-state index in [1.165, 1.54) is 5.56 Å². The zero-order valence-corrected chi connectivity index (χ0v) is 20.9. The Hall–Kier alpha value is -2.58. The van der Waals surface area contributed by atoms with Crippen LogP contribution in [-0.4, -0.2) is 57.4 Å². The van der Waals surface area contributed by atoms with Crippen LogP contribution in [0.15, 0.2) is 41.3 Å². The first kappa shape index (κ1) is 24.5. The van der Waals surface area contributed by atoms with Gasteiger partial charge in [-0.3, -0.25) is 4.79 Å². The lowest BCUT2D eigenvalue weighted by molar-refractivity contribution is -0.132. The van der Waals surface area contributed by atoms with Gasteiger partial charge in [-0.1, -0.05) is 25.0 Å². The molecule has 0 saturated carbocycles. The maximum Gasteiger partial charge on any atom is 0.243 e. The van der Waals surface area contributed by atoms with Crippen LogP contribution < -0.4 is 9.47 Å². The number of hydrogen-bond acceptors (Lipinski definition) is 5. The lowest BCUT2D eigenvalue weighted by Crippen LogP contribution is -2.36. The minimum absolute atomic E-state index is 0.0988. The molecule has 2 aliphatic rings. The van der Waals surface area contributed by atoms with Crippen LogP contribution in [0.25, 0.3) is 0 Å². The van der Waals surface area contributed by atoms with Crippen LogP contribution in [0.5, 0.6) is 11.5 Å². The van der Waals surface area contributed by atoms with Crippen molar-refractivity contribution in [3.63, 3.8) is 0 Å². The van der Waals surface area contributed by atoms with E-state index in [-0.39, 0.29) is 5.91 Å². The minimum Gasteiger partial charge on any atom is -0.493 e. The molecule has 0 aromatic heterocycles. The number of fused-ring (bicyclic) bond motifs is 1. The summed E-state index contributed by atoms with van der Waals surface area (Å²) < 4.78 is 38.3.